The van der Waals surface area contributed by atoms with Crippen LogP contribution in [0.1, 0.15) is 35.2 Å². The first-order valence-electron chi connectivity index (χ1n) is 8.87. The molecule has 0 fully saturated rings. The second-order valence-electron chi connectivity index (χ2n) is 6.54. The highest BCUT2D eigenvalue weighted by Crippen LogP contribution is 2.25. The normalized spacial score (nSPS) is 12.0. The standard InChI is InChI=1S/C23H24ClNO/c1-17-8-10-19(11-9-17)16-26-23-13-12-22(24)14-21(23)15-25-18(2)20-6-4-3-5-7-20/h3-14,18,25H,15-16H2,1-2H3. The van der Waals surface area contributed by atoms with Gasteiger partial charge in [-0.2, -0.15) is 0 Å². The summed E-state index contributed by atoms with van der Waals surface area (Å²) in [6.07, 6.45) is 0. The van der Waals surface area contributed by atoms with Crippen LogP contribution in [-0.2, 0) is 13.2 Å². The lowest BCUT2D eigenvalue weighted by Gasteiger charge is -2.17. The van der Waals surface area contributed by atoms with Gasteiger partial charge in [0.15, 0.2) is 0 Å². The molecule has 0 radical (unpaired) electrons. The van der Waals surface area contributed by atoms with Crippen molar-refractivity contribution in [2.75, 3.05) is 0 Å². The Morgan fingerprint density at radius 1 is 0.962 bits per heavy atom. The molecule has 0 spiro atoms. The number of aryl methyl sites for hydroxylation is 1. The van der Waals surface area contributed by atoms with E-state index in [0.717, 1.165) is 21.9 Å². The quantitative estimate of drug-likeness (QED) is 0.548. The van der Waals surface area contributed by atoms with Gasteiger partial charge in [-0.15, -0.1) is 0 Å². The molecule has 0 saturated carbocycles. The van der Waals surface area contributed by atoms with Crippen molar-refractivity contribution in [3.8, 4) is 5.75 Å². The summed E-state index contributed by atoms with van der Waals surface area (Å²) in [6.45, 7) is 5.48. The van der Waals surface area contributed by atoms with Crippen molar-refractivity contribution in [1.82, 2.24) is 5.32 Å². The van der Waals surface area contributed by atoms with Crippen LogP contribution in [-0.4, -0.2) is 0 Å². The number of hydrogen-bond donors (Lipinski definition) is 1. The highest BCUT2D eigenvalue weighted by Gasteiger charge is 2.09. The van der Waals surface area contributed by atoms with E-state index in [1.165, 1.54) is 11.1 Å². The number of benzene rings is 3. The van der Waals surface area contributed by atoms with Gasteiger partial charge >= 0.3 is 0 Å². The van der Waals surface area contributed by atoms with Crippen molar-refractivity contribution in [2.45, 2.75) is 33.0 Å². The fraction of sp³-hybridized carbons (Fsp3) is 0.217. The third-order valence-corrected chi connectivity index (χ3v) is 4.67. The number of nitrogens with one attached hydrogen (secondary N) is 1. The van der Waals surface area contributed by atoms with Crippen LogP contribution < -0.4 is 10.1 Å². The molecule has 3 aromatic carbocycles. The van der Waals surface area contributed by atoms with Gasteiger partial charge in [0.25, 0.3) is 0 Å². The lowest BCUT2D eigenvalue weighted by molar-refractivity contribution is 0.301. The Morgan fingerprint density at radius 3 is 2.42 bits per heavy atom. The van der Waals surface area contributed by atoms with Gasteiger partial charge in [0.05, 0.1) is 0 Å². The first kappa shape index (κ1) is 18.5. The van der Waals surface area contributed by atoms with E-state index in [2.05, 4.69) is 67.7 Å². The van der Waals surface area contributed by atoms with Gasteiger partial charge in [-0.05, 0) is 43.2 Å². The molecule has 2 nitrogen and oxygen atoms in total. The maximum absolute atomic E-state index is 6.20. The summed E-state index contributed by atoms with van der Waals surface area (Å²) in [7, 11) is 0. The Hall–Kier alpha value is -2.29. The van der Waals surface area contributed by atoms with Gasteiger partial charge < -0.3 is 10.1 Å². The second-order valence-corrected chi connectivity index (χ2v) is 6.98. The minimum absolute atomic E-state index is 0.250. The molecule has 1 N–H and O–H groups in total. The van der Waals surface area contributed by atoms with E-state index in [0.29, 0.717) is 13.2 Å². The molecular formula is C23H24ClNO. The molecule has 134 valence electrons. The van der Waals surface area contributed by atoms with Crippen LogP contribution in [0.4, 0.5) is 0 Å². The Kier molecular flexibility index (Phi) is 6.32. The van der Waals surface area contributed by atoms with Crippen molar-refractivity contribution >= 4 is 11.6 Å². The molecule has 0 aliphatic rings. The predicted octanol–water partition coefficient (Wildman–Crippen LogP) is 6.08. The van der Waals surface area contributed by atoms with E-state index in [1.807, 2.05) is 24.3 Å². The highest BCUT2D eigenvalue weighted by atomic mass is 35.5. The first-order chi connectivity index (χ1) is 12.6. The summed E-state index contributed by atoms with van der Waals surface area (Å²) in [4.78, 5) is 0. The van der Waals surface area contributed by atoms with Gasteiger partial charge in [-0.3, -0.25) is 0 Å². The molecule has 0 aromatic heterocycles. The lowest BCUT2D eigenvalue weighted by Crippen LogP contribution is -2.18. The molecule has 3 rings (SSSR count). The number of hydrogen-bond acceptors (Lipinski definition) is 2. The average Bonchev–Trinajstić information content (AvgIpc) is 2.67. The summed E-state index contributed by atoms with van der Waals surface area (Å²) >= 11 is 6.20. The van der Waals surface area contributed by atoms with Crippen molar-refractivity contribution in [3.05, 3.63) is 100 Å². The third-order valence-electron chi connectivity index (χ3n) is 4.44. The Morgan fingerprint density at radius 2 is 1.69 bits per heavy atom. The van der Waals surface area contributed by atoms with Crippen LogP contribution in [0.15, 0.2) is 72.8 Å². The number of halogens is 1. The molecule has 0 bridgehead atoms. The minimum Gasteiger partial charge on any atom is -0.489 e. The van der Waals surface area contributed by atoms with Crippen molar-refractivity contribution in [1.29, 1.82) is 0 Å². The van der Waals surface area contributed by atoms with Crippen LogP contribution in [0.2, 0.25) is 5.02 Å². The molecule has 1 atom stereocenters. The number of rotatable bonds is 7. The van der Waals surface area contributed by atoms with Crippen LogP contribution in [0.25, 0.3) is 0 Å². The zero-order valence-electron chi connectivity index (χ0n) is 15.2. The van der Waals surface area contributed by atoms with Crippen molar-refractivity contribution < 1.29 is 4.74 Å². The zero-order valence-corrected chi connectivity index (χ0v) is 16.0. The van der Waals surface area contributed by atoms with E-state index in [4.69, 9.17) is 16.3 Å². The smallest absolute Gasteiger partial charge is 0.124 e. The Balaban J connectivity index is 1.66. The topological polar surface area (TPSA) is 21.3 Å². The second kappa shape index (κ2) is 8.88. The third kappa shape index (κ3) is 5.10. The van der Waals surface area contributed by atoms with Crippen LogP contribution >= 0.6 is 11.6 Å². The maximum atomic E-state index is 6.20. The lowest BCUT2D eigenvalue weighted by atomic mass is 10.1. The van der Waals surface area contributed by atoms with Gasteiger partial charge in [0.2, 0.25) is 0 Å². The molecule has 0 aliphatic carbocycles. The van der Waals surface area contributed by atoms with E-state index in [9.17, 15) is 0 Å². The SMILES string of the molecule is Cc1ccc(COc2ccc(Cl)cc2CNC(C)c2ccccc2)cc1. The van der Waals surface area contributed by atoms with Crippen molar-refractivity contribution in [2.24, 2.45) is 0 Å². The van der Waals surface area contributed by atoms with Crippen molar-refractivity contribution in [3.63, 3.8) is 0 Å². The van der Waals surface area contributed by atoms with E-state index < -0.39 is 0 Å². The summed E-state index contributed by atoms with van der Waals surface area (Å²) in [5, 5.41) is 4.27. The molecule has 3 aromatic rings. The number of ether oxygens (including phenoxy) is 1. The van der Waals surface area contributed by atoms with Gasteiger partial charge in [-0.1, -0.05) is 71.8 Å². The summed E-state index contributed by atoms with van der Waals surface area (Å²) in [5.74, 6) is 0.864. The van der Waals surface area contributed by atoms with Gasteiger partial charge in [0.1, 0.15) is 12.4 Å². The summed E-state index contributed by atoms with van der Waals surface area (Å²) in [6, 6.07) is 24.8. The van der Waals surface area contributed by atoms with Crippen LogP contribution in [0.5, 0.6) is 5.75 Å². The molecule has 0 heterocycles. The fourth-order valence-corrected chi connectivity index (χ4v) is 2.99. The van der Waals surface area contributed by atoms with Crippen LogP contribution in [0.3, 0.4) is 0 Å². The maximum Gasteiger partial charge on any atom is 0.124 e. The summed E-state index contributed by atoms with van der Waals surface area (Å²) < 4.78 is 6.06. The van der Waals surface area contributed by atoms with Gasteiger partial charge in [-0.25, -0.2) is 0 Å². The van der Waals surface area contributed by atoms with E-state index in [1.54, 1.807) is 0 Å². The highest BCUT2D eigenvalue weighted by molar-refractivity contribution is 6.30. The molecular weight excluding hydrogens is 342 g/mol. The van der Waals surface area contributed by atoms with E-state index >= 15 is 0 Å². The monoisotopic (exact) mass is 365 g/mol. The molecule has 0 saturated heterocycles. The Labute approximate surface area is 160 Å². The molecule has 0 amide bonds. The largest absolute Gasteiger partial charge is 0.489 e. The van der Waals surface area contributed by atoms with Crippen LogP contribution in [0, 0.1) is 6.92 Å². The first-order valence-corrected chi connectivity index (χ1v) is 9.25. The predicted molar refractivity (Wildman–Crippen MR) is 109 cm³/mol. The average molecular weight is 366 g/mol. The zero-order chi connectivity index (χ0) is 18.4. The molecule has 26 heavy (non-hydrogen) atoms. The van der Waals surface area contributed by atoms with Gasteiger partial charge in [0, 0.05) is 23.2 Å². The fourth-order valence-electron chi connectivity index (χ4n) is 2.79. The minimum atomic E-state index is 0.250. The molecule has 3 heteroatoms. The summed E-state index contributed by atoms with van der Waals surface area (Å²) in [5.41, 5.74) is 4.73. The molecule has 1 unspecified atom stereocenters. The van der Waals surface area contributed by atoms with E-state index in [-0.39, 0.29) is 6.04 Å². The Bertz CT molecular complexity index is 831. The molecule has 0 aliphatic heterocycles.